The fraction of sp³-hybridized carbons (Fsp3) is 0.909. The van der Waals surface area contributed by atoms with Gasteiger partial charge in [0.25, 0.3) is 0 Å². The Kier molecular flexibility index (Phi) is 5.04. The Balaban J connectivity index is 4.28. The normalized spacial score (nSPS) is 13.9. The van der Waals surface area contributed by atoms with Crippen molar-refractivity contribution in [2.24, 2.45) is 11.3 Å². The summed E-state index contributed by atoms with van der Waals surface area (Å²) >= 11 is 0. The predicted octanol–water partition coefficient (Wildman–Crippen LogP) is 2.58. The molecule has 0 fully saturated rings. The van der Waals surface area contributed by atoms with E-state index in [0.29, 0.717) is 0 Å². The van der Waals surface area contributed by atoms with Crippen LogP contribution in [0.2, 0.25) is 0 Å². The van der Waals surface area contributed by atoms with Crippen LogP contribution >= 0.6 is 0 Å². The summed E-state index contributed by atoms with van der Waals surface area (Å²) in [6.07, 6.45) is 3.29. The lowest BCUT2D eigenvalue weighted by molar-refractivity contribution is -0.128. The van der Waals surface area contributed by atoms with Gasteiger partial charge in [-0.05, 0) is 11.8 Å². The van der Waals surface area contributed by atoms with Gasteiger partial charge in [0.05, 0.1) is 0 Å². The van der Waals surface area contributed by atoms with Gasteiger partial charge in [-0.25, -0.2) is 0 Å². The first-order valence-electron chi connectivity index (χ1n) is 5.15. The lowest BCUT2D eigenvalue weighted by Gasteiger charge is -2.29. The molecule has 0 aliphatic rings. The van der Waals surface area contributed by atoms with Crippen LogP contribution in [0, 0.1) is 11.3 Å². The van der Waals surface area contributed by atoms with E-state index < -0.39 is 0 Å². The van der Waals surface area contributed by atoms with Crippen molar-refractivity contribution in [1.82, 2.24) is 5.32 Å². The Hall–Kier alpha value is -0.530. The Morgan fingerprint density at radius 2 is 1.92 bits per heavy atom. The maximum atomic E-state index is 11.6. The quantitative estimate of drug-likeness (QED) is 0.716. The number of hydrogen-bond donors (Lipinski definition) is 1. The molecule has 2 heteroatoms. The van der Waals surface area contributed by atoms with E-state index >= 15 is 0 Å². The molecule has 1 amide bonds. The van der Waals surface area contributed by atoms with Gasteiger partial charge in [0, 0.05) is 13.0 Å². The molecule has 0 saturated carbocycles. The number of carbonyl (C=O) groups is 1. The molecule has 0 heterocycles. The molecule has 0 spiro atoms. The standard InChI is InChI=1S/C11H23NO/c1-6-7-8-9(10(13)12-5)11(2,3)4/h9H,6-8H2,1-5H3,(H,12,13). The second kappa shape index (κ2) is 5.25. The summed E-state index contributed by atoms with van der Waals surface area (Å²) in [5.74, 6) is 0.332. The molecule has 1 N–H and O–H groups in total. The summed E-state index contributed by atoms with van der Waals surface area (Å²) in [5, 5.41) is 2.74. The molecule has 0 radical (unpaired) electrons. The zero-order valence-corrected chi connectivity index (χ0v) is 9.61. The van der Waals surface area contributed by atoms with E-state index in [2.05, 4.69) is 33.0 Å². The summed E-state index contributed by atoms with van der Waals surface area (Å²) in [7, 11) is 1.72. The summed E-state index contributed by atoms with van der Waals surface area (Å²) in [6.45, 7) is 8.54. The number of unbranched alkanes of at least 4 members (excludes halogenated alkanes) is 1. The van der Waals surface area contributed by atoms with Gasteiger partial charge in [0.2, 0.25) is 5.91 Å². The van der Waals surface area contributed by atoms with E-state index in [1.807, 2.05) is 0 Å². The highest BCUT2D eigenvalue weighted by molar-refractivity contribution is 5.78. The van der Waals surface area contributed by atoms with Crippen molar-refractivity contribution < 1.29 is 4.79 Å². The minimum atomic E-state index is 0.0786. The van der Waals surface area contributed by atoms with Crippen molar-refractivity contribution in [2.45, 2.75) is 47.0 Å². The topological polar surface area (TPSA) is 29.1 Å². The van der Waals surface area contributed by atoms with Crippen LogP contribution in [0.4, 0.5) is 0 Å². The lowest BCUT2D eigenvalue weighted by atomic mass is 9.77. The molecule has 0 rings (SSSR count). The minimum absolute atomic E-state index is 0.0786. The lowest BCUT2D eigenvalue weighted by Crippen LogP contribution is -2.36. The Morgan fingerprint density at radius 3 is 2.23 bits per heavy atom. The van der Waals surface area contributed by atoms with Gasteiger partial charge in [-0.1, -0.05) is 40.5 Å². The third-order valence-corrected chi connectivity index (χ3v) is 2.45. The van der Waals surface area contributed by atoms with Gasteiger partial charge in [0.1, 0.15) is 0 Å². The number of amides is 1. The molecule has 0 aromatic rings. The fourth-order valence-corrected chi connectivity index (χ4v) is 1.54. The molecular formula is C11H23NO. The molecule has 78 valence electrons. The van der Waals surface area contributed by atoms with Gasteiger partial charge >= 0.3 is 0 Å². The maximum absolute atomic E-state index is 11.6. The van der Waals surface area contributed by atoms with Gasteiger partial charge < -0.3 is 5.32 Å². The van der Waals surface area contributed by atoms with E-state index in [9.17, 15) is 4.79 Å². The SMILES string of the molecule is CCCCC(C(=O)NC)C(C)(C)C. The van der Waals surface area contributed by atoms with Gasteiger partial charge in [-0.2, -0.15) is 0 Å². The predicted molar refractivity (Wildman–Crippen MR) is 56.5 cm³/mol. The average molecular weight is 185 g/mol. The third kappa shape index (κ3) is 4.30. The Bertz CT molecular complexity index is 158. The van der Waals surface area contributed by atoms with Crippen LogP contribution < -0.4 is 5.32 Å². The monoisotopic (exact) mass is 185 g/mol. The first kappa shape index (κ1) is 12.5. The summed E-state index contributed by atoms with van der Waals surface area (Å²) in [4.78, 5) is 11.6. The summed E-state index contributed by atoms with van der Waals surface area (Å²) < 4.78 is 0. The van der Waals surface area contributed by atoms with Crippen LogP contribution in [-0.4, -0.2) is 13.0 Å². The highest BCUT2D eigenvalue weighted by Crippen LogP contribution is 2.30. The van der Waals surface area contributed by atoms with E-state index in [1.54, 1.807) is 7.05 Å². The molecule has 0 bridgehead atoms. The van der Waals surface area contributed by atoms with E-state index in [4.69, 9.17) is 0 Å². The van der Waals surface area contributed by atoms with Crippen LogP contribution in [0.5, 0.6) is 0 Å². The van der Waals surface area contributed by atoms with Crippen molar-refractivity contribution >= 4 is 5.91 Å². The largest absolute Gasteiger partial charge is 0.359 e. The zero-order chi connectivity index (χ0) is 10.5. The smallest absolute Gasteiger partial charge is 0.223 e. The second-order valence-corrected chi connectivity index (χ2v) is 4.68. The van der Waals surface area contributed by atoms with Crippen LogP contribution in [0.3, 0.4) is 0 Å². The first-order chi connectivity index (χ1) is 5.93. The van der Waals surface area contributed by atoms with Crippen molar-refractivity contribution in [3.8, 4) is 0 Å². The molecule has 0 aliphatic carbocycles. The molecule has 0 aromatic carbocycles. The minimum Gasteiger partial charge on any atom is -0.359 e. The van der Waals surface area contributed by atoms with Crippen LogP contribution in [0.15, 0.2) is 0 Å². The molecule has 0 saturated heterocycles. The highest BCUT2D eigenvalue weighted by atomic mass is 16.1. The van der Waals surface area contributed by atoms with Crippen molar-refractivity contribution in [3.05, 3.63) is 0 Å². The maximum Gasteiger partial charge on any atom is 0.223 e. The summed E-state index contributed by atoms with van der Waals surface area (Å²) in [6, 6.07) is 0. The van der Waals surface area contributed by atoms with Gasteiger partial charge in [-0.3, -0.25) is 4.79 Å². The summed E-state index contributed by atoms with van der Waals surface area (Å²) in [5.41, 5.74) is 0.0786. The van der Waals surface area contributed by atoms with E-state index in [1.165, 1.54) is 0 Å². The Morgan fingerprint density at radius 1 is 1.38 bits per heavy atom. The fourth-order valence-electron chi connectivity index (χ4n) is 1.54. The second-order valence-electron chi connectivity index (χ2n) is 4.68. The van der Waals surface area contributed by atoms with Gasteiger partial charge in [0.15, 0.2) is 0 Å². The zero-order valence-electron chi connectivity index (χ0n) is 9.61. The van der Waals surface area contributed by atoms with Crippen LogP contribution in [-0.2, 0) is 4.79 Å². The van der Waals surface area contributed by atoms with Crippen molar-refractivity contribution in [1.29, 1.82) is 0 Å². The van der Waals surface area contributed by atoms with E-state index in [0.717, 1.165) is 19.3 Å². The number of nitrogens with one attached hydrogen (secondary N) is 1. The molecule has 1 unspecified atom stereocenters. The van der Waals surface area contributed by atoms with Crippen LogP contribution in [0.1, 0.15) is 47.0 Å². The molecular weight excluding hydrogens is 162 g/mol. The highest BCUT2D eigenvalue weighted by Gasteiger charge is 2.29. The average Bonchev–Trinajstić information content (AvgIpc) is 2.02. The molecule has 13 heavy (non-hydrogen) atoms. The number of hydrogen-bond acceptors (Lipinski definition) is 1. The number of carbonyl (C=O) groups excluding carboxylic acids is 1. The van der Waals surface area contributed by atoms with Gasteiger partial charge in [-0.15, -0.1) is 0 Å². The third-order valence-electron chi connectivity index (χ3n) is 2.45. The van der Waals surface area contributed by atoms with Crippen molar-refractivity contribution in [2.75, 3.05) is 7.05 Å². The van der Waals surface area contributed by atoms with E-state index in [-0.39, 0.29) is 17.2 Å². The molecule has 1 atom stereocenters. The first-order valence-corrected chi connectivity index (χ1v) is 5.15. The van der Waals surface area contributed by atoms with Crippen LogP contribution in [0.25, 0.3) is 0 Å². The molecule has 2 nitrogen and oxygen atoms in total. The molecule has 0 aliphatic heterocycles. The van der Waals surface area contributed by atoms with Crippen molar-refractivity contribution in [3.63, 3.8) is 0 Å². The number of rotatable bonds is 4. The molecule has 0 aromatic heterocycles. The Labute approximate surface area is 82.1 Å².